The van der Waals surface area contributed by atoms with Crippen LogP contribution in [-0.2, 0) is 4.79 Å². The van der Waals surface area contributed by atoms with Crippen LogP contribution in [0.3, 0.4) is 0 Å². The first-order valence-corrected chi connectivity index (χ1v) is 9.62. The summed E-state index contributed by atoms with van der Waals surface area (Å²) in [6.07, 6.45) is 9.40. The van der Waals surface area contributed by atoms with Crippen molar-refractivity contribution in [2.75, 3.05) is 0 Å². The summed E-state index contributed by atoms with van der Waals surface area (Å²) in [6.45, 7) is 2.10. The van der Waals surface area contributed by atoms with Crippen molar-refractivity contribution in [3.05, 3.63) is 59.4 Å². The van der Waals surface area contributed by atoms with Crippen molar-refractivity contribution >= 4 is 11.4 Å². The van der Waals surface area contributed by atoms with E-state index in [1.807, 2.05) is 6.07 Å². The summed E-state index contributed by atoms with van der Waals surface area (Å²) in [4.78, 5) is 20.5. The van der Waals surface area contributed by atoms with Crippen LogP contribution in [0.4, 0.5) is 4.39 Å². The van der Waals surface area contributed by atoms with Gasteiger partial charge in [0.1, 0.15) is 5.82 Å². The maximum Gasteiger partial charge on any atom is 0.168 e. The molecule has 0 bridgehead atoms. The van der Waals surface area contributed by atoms with Gasteiger partial charge in [0.05, 0.1) is 18.2 Å². The Morgan fingerprint density at radius 2 is 1.85 bits per heavy atom. The smallest absolute Gasteiger partial charge is 0.168 e. The van der Waals surface area contributed by atoms with Gasteiger partial charge in [-0.1, -0.05) is 17.7 Å². The molecule has 1 N–H and O–H groups in total. The zero-order chi connectivity index (χ0) is 18.1. The highest BCUT2D eigenvalue weighted by atomic mass is 19.1. The molecule has 2 aromatic rings. The number of hydrogen-bond acceptors (Lipinski definition) is 2. The fourth-order valence-electron chi connectivity index (χ4n) is 4.31. The van der Waals surface area contributed by atoms with E-state index in [9.17, 15) is 9.18 Å². The lowest BCUT2D eigenvalue weighted by Crippen LogP contribution is -2.23. The van der Waals surface area contributed by atoms with Crippen LogP contribution in [0, 0.1) is 17.7 Å². The Bertz CT molecular complexity index is 812. The van der Waals surface area contributed by atoms with E-state index in [0.29, 0.717) is 11.8 Å². The fourth-order valence-corrected chi connectivity index (χ4v) is 4.31. The second-order valence-corrected chi connectivity index (χ2v) is 7.77. The number of nitrogens with one attached hydrogen (secondary N) is 1. The highest BCUT2D eigenvalue weighted by Crippen LogP contribution is 2.43. The molecule has 3 nitrogen and oxygen atoms in total. The van der Waals surface area contributed by atoms with Crippen LogP contribution in [0.15, 0.2) is 42.4 Å². The number of nitrogens with zero attached hydrogens (tertiary/aromatic N) is 1. The molecule has 4 heteroatoms. The third-order valence-corrected chi connectivity index (χ3v) is 6.02. The van der Waals surface area contributed by atoms with E-state index in [1.54, 1.807) is 24.7 Å². The van der Waals surface area contributed by atoms with Gasteiger partial charge >= 0.3 is 0 Å². The lowest BCUT2D eigenvalue weighted by molar-refractivity contribution is -0.118. The summed E-state index contributed by atoms with van der Waals surface area (Å²) in [7, 11) is 0. The van der Waals surface area contributed by atoms with Crippen molar-refractivity contribution in [1.82, 2.24) is 9.97 Å². The Kier molecular flexibility index (Phi) is 4.75. The molecule has 0 saturated heterocycles. The van der Waals surface area contributed by atoms with Crippen molar-refractivity contribution in [2.24, 2.45) is 11.8 Å². The van der Waals surface area contributed by atoms with Gasteiger partial charge in [-0.15, -0.1) is 0 Å². The number of benzene rings is 1. The van der Waals surface area contributed by atoms with Crippen LogP contribution >= 0.6 is 0 Å². The predicted octanol–water partition coefficient (Wildman–Crippen LogP) is 5.28. The SMILES string of the molecule is C/C(=C(/C(=O)C1CCC(c2cccc(F)c2)CC1)c1cnc[nH]1)C1CC1. The Labute approximate surface area is 153 Å². The van der Waals surface area contributed by atoms with Crippen molar-refractivity contribution < 1.29 is 9.18 Å². The molecule has 0 aliphatic heterocycles. The van der Waals surface area contributed by atoms with E-state index in [0.717, 1.165) is 42.5 Å². The van der Waals surface area contributed by atoms with Crippen molar-refractivity contribution in [2.45, 2.75) is 51.4 Å². The molecule has 4 rings (SSSR count). The molecule has 2 saturated carbocycles. The minimum absolute atomic E-state index is 0.0619. The molecular weight excluding hydrogens is 327 g/mol. The second kappa shape index (κ2) is 7.18. The van der Waals surface area contributed by atoms with Gasteiger partial charge in [-0.25, -0.2) is 9.37 Å². The Morgan fingerprint density at radius 1 is 1.12 bits per heavy atom. The first kappa shape index (κ1) is 17.2. The van der Waals surface area contributed by atoms with Crippen LogP contribution in [0.25, 0.3) is 5.57 Å². The first-order chi connectivity index (χ1) is 12.6. The van der Waals surface area contributed by atoms with Crippen LogP contribution in [0.2, 0.25) is 0 Å². The molecule has 26 heavy (non-hydrogen) atoms. The quantitative estimate of drug-likeness (QED) is 0.745. The molecule has 1 aromatic carbocycles. The summed E-state index contributed by atoms with van der Waals surface area (Å²) in [5.74, 6) is 1.06. The number of Topliss-reactive ketones (excluding diaryl/α,β-unsaturated/α-hetero) is 1. The molecule has 0 amide bonds. The third kappa shape index (κ3) is 3.50. The zero-order valence-corrected chi connectivity index (χ0v) is 15.2. The third-order valence-electron chi connectivity index (χ3n) is 6.02. The highest BCUT2D eigenvalue weighted by Gasteiger charge is 2.34. The molecule has 136 valence electrons. The maximum atomic E-state index is 13.5. The second-order valence-electron chi connectivity index (χ2n) is 7.77. The summed E-state index contributed by atoms with van der Waals surface area (Å²) in [5.41, 5.74) is 3.99. The van der Waals surface area contributed by atoms with Gasteiger partial charge in [-0.3, -0.25) is 4.79 Å². The average molecular weight is 352 g/mol. The number of carbonyl (C=O) groups excluding carboxylic acids is 1. The number of H-pyrrole nitrogens is 1. The fraction of sp³-hybridized carbons (Fsp3) is 0.455. The number of carbonyl (C=O) groups is 1. The predicted molar refractivity (Wildman–Crippen MR) is 100 cm³/mol. The number of allylic oxidation sites excluding steroid dienone is 2. The molecule has 0 radical (unpaired) electrons. The minimum atomic E-state index is -0.176. The van der Waals surface area contributed by atoms with Gasteiger partial charge in [0, 0.05) is 11.5 Å². The van der Waals surface area contributed by atoms with Gasteiger partial charge < -0.3 is 4.98 Å². The Morgan fingerprint density at radius 3 is 2.46 bits per heavy atom. The summed E-state index contributed by atoms with van der Waals surface area (Å²) in [5, 5.41) is 0. The molecule has 1 heterocycles. The number of halogens is 1. The molecule has 2 aliphatic carbocycles. The summed E-state index contributed by atoms with van der Waals surface area (Å²) >= 11 is 0. The van der Waals surface area contributed by atoms with Gasteiger partial charge in [0.15, 0.2) is 5.78 Å². The molecule has 0 spiro atoms. The largest absolute Gasteiger partial charge is 0.345 e. The molecule has 0 atom stereocenters. The van der Waals surface area contributed by atoms with E-state index in [-0.39, 0.29) is 17.5 Å². The first-order valence-electron chi connectivity index (χ1n) is 9.62. The highest BCUT2D eigenvalue weighted by molar-refractivity contribution is 6.22. The molecule has 2 fully saturated rings. The number of hydrogen-bond donors (Lipinski definition) is 1. The Hall–Kier alpha value is -2.23. The lowest BCUT2D eigenvalue weighted by Gasteiger charge is -2.29. The van der Waals surface area contributed by atoms with Crippen LogP contribution < -0.4 is 0 Å². The molecular formula is C22H25FN2O. The van der Waals surface area contributed by atoms with E-state index >= 15 is 0 Å². The van der Waals surface area contributed by atoms with E-state index < -0.39 is 0 Å². The summed E-state index contributed by atoms with van der Waals surface area (Å²) < 4.78 is 13.5. The number of ketones is 1. The van der Waals surface area contributed by atoms with Crippen LogP contribution in [0.5, 0.6) is 0 Å². The average Bonchev–Trinajstić information content (AvgIpc) is 3.38. The van der Waals surface area contributed by atoms with E-state index in [4.69, 9.17) is 0 Å². The molecule has 0 unspecified atom stereocenters. The topological polar surface area (TPSA) is 45.8 Å². The molecule has 2 aliphatic rings. The minimum Gasteiger partial charge on any atom is -0.345 e. The standard InChI is InChI=1S/C22H25FN2O/c1-14(15-5-6-15)21(20-12-24-13-25-20)22(26)17-9-7-16(8-10-17)18-3-2-4-19(23)11-18/h2-4,11-13,15-17H,5-10H2,1H3,(H,24,25)/b21-14-. The van der Waals surface area contributed by atoms with E-state index in [2.05, 4.69) is 16.9 Å². The molecule has 1 aromatic heterocycles. The van der Waals surface area contributed by atoms with E-state index in [1.165, 1.54) is 24.5 Å². The van der Waals surface area contributed by atoms with Gasteiger partial charge in [0.2, 0.25) is 0 Å². The van der Waals surface area contributed by atoms with Crippen molar-refractivity contribution in [3.63, 3.8) is 0 Å². The van der Waals surface area contributed by atoms with Gasteiger partial charge in [0.25, 0.3) is 0 Å². The van der Waals surface area contributed by atoms with Crippen molar-refractivity contribution in [3.8, 4) is 0 Å². The number of aromatic nitrogens is 2. The van der Waals surface area contributed by atoms with Crippen LogP contribution in [0.1, 0.15) is 62.6 Å². The van der Waals surface area contributed by atoms with Gasteiger partial charge in [-0.2, -0.15) is 0 Å². The number of rotatable bonds is 5. The zero-order valence-electron chi connectivity index (χ0n) is 15.2. The monoisotopic (exact) mass is 352 g/mol. The normalized spacial score (nSPS) is 24.2. The van der Waals surface area contributed by atoms with Crippen molar-refractivity contribution in [1.29, 1.82) is 0 Å². The maximum absolute atomic E-state index is 13.5. The number of imidazole rings is 1. The van der Waals surface area contributed by atoms with Gasteiger partial charge in [-0.05, 0) is 75.0 Å². The lowest BCUT2D eigenvalue weighted by atomic mass is 9.75. The number of aromatic amines is 1. The summed E-state index contributed by atoms with van der Waals surface area (Å²) in [6, 6.07) is 6.91. The Balaban J connectivity index is 1.49. The van der Waals surface area contributed by atoms with Crippen LogP contribution in [-0.4, -0.2) is 15.8 Å².